The Balaban J connectivity index is 2.12. The number of ether oxygens (including phenoxy) is 1. The Morgan fingerprint density at radius 3 is 2.57 bits per heavy atom. The minimum absolute atomic E-state index is 0.104. The lowest BCUT2D eigenvalue weighted by Gasteiger charge is -2.41. The molecule has 0 aromatic heterocycles. The molecule has 0 aromatic carbocycles. The van der Waals surface area contributed by atoms with Crippen molar-refractivity contribution in [2.45, 2.75) is 69.9 Å². The second-order valence-electron chi connectivity index (χ2n) is 6.56. The Morgan fingerprint density at radius 1 is 1.43 bits per heavy atom. The molecular weight excluding hydrogens is 270 g/mol. The summed E-state index contributed by atoms with van der Waals surface area (Å²) in [6.07, 6.45) is 6.10. The zero-order chi connectivity index (χ0) is 15.5. The van der Waals surface area contributed by atoms with E-state index in [-0.39, 0.29) is 11.7 Å². The van der Waals surface area contributed by atoms with Crippen LogP contribution in [0.3, 0.4) is 0 Å². The maximum absolute atomic E-state index is 12.6. The van der Waals surface area contributed by atoms with Crippen molar-refractivity contribution in [3.63, 3.8) is 0 Å². The van der Waals surface area contributed by atoms with E-state index in [1.165, 1.54) is 0 Å². The van der Waals surface area contributed by atoms with Gasteiger partial charge in [0.25, 0.3) is 5.91 Å². The molecule has 4 N–H and O–H groups in total. The van der Waals surface area contributed by atoms with Gasteiger partial charge in [-0.05, 0) is 51.4 Å². The quantitative estimate of drug-likeness (QED) is 0.319. The van der Waals surface area contributed by atoms with Gasteiger partial charge in [-0.15, -0.1) is 0 Å². The van der Waals surface area contributed by atoms with Gasteiger partial charge in [0.1, 0.15) is 11.1 Å². The topological polar surface area (TPSA) is 96.9 Å². The highest BCUT2D eigenvalue weighted by molar-refractivity contribution is 5.96. The third kappa shape index (κ3) is 3.15. The molecule has 1 amide bonds. The molecule has 0 radical (unpaired) electrons. The summed E-state index contributed by atoms with van der Waals surface area (Å²) < 4.78 is 5.59. The van der Waals surface area contributed by atoms with Gasteiger partial charge in [0.2, 0.25) is 0 Å². The maximum atomic E-state index is 12.6. The molecule has 21 heavy (non-hydrogen) atoms. The number of hydrogen-bond acceptors (Lipinski definition) is 4. The average molecular weight is 297 g/mol. The number of carbonyl (C=O) groups is 1. The van der Waals surface area contributed by atoms with E-state index in [0.29, 0.717) is 31.8 Å². The minimum atomic E-state index is -0.787. The van der Waals surface area contributed by atoms with Crippen molar-refractivity contribution in [2.24, 2.45) is 16.8 Å². The second kappa shape index (κ2) is 6.22. The van der Waals surface area contributed by atoms with Crippen LogP contribution in [0.2, 0.25) is 0 Å². The predicted molar refractivity (Wildman–Crippen MR) is 80.1 cm³/mol. The number of rotatable bonds is 4. The van der Waals surface area contributed by atoms with Crippen LogP contribution in [0, 0.1) is 5.92 Å². The Kier molecular flexibility index (Phi) is 4.76. The molecule has 1 atom stereocenters. The highest BCUT2D eigenvalue weighted by atomic mass is 16.5. The normalized spacial score (nSPS) is 37.4. The van der Waals surface area contributed by atoms with Crippen molar-refractivity contribution in [3.05, 3.63) is 0 Å². The van der Waals surface area contributed by atoms with E-state index in [2.05, 4.69) is 17.4 Å². The number of oxime groups is 1. The maximum Gasteiger partial charge on any atom is 0.252 e. The summed E-state index contributed by atoms with van der Waals surface area (Å²) >= 11 is 0. The lowest BCUT2D eigenvalue weighted by molar-refractivity contribution is -0.141. The van der Waals surface area contributed by atoms with E-state index in [1.54, 1.807) is 0 Å². The summed E-state index contributed by atoms with van der Waals surface area (Å²) in [4.78, 5) is 12.6. The van der Waals surface area contributed by atoms with Gasteiger partial charge in [0, 0.05) is 6.61 Å². The van der Waals surface area contributed by atoms with Crippen molar-refractivity contribution in [1.29, 1.82) is 0 Å². The van der Waals surface area contributed by atoms with Crippen LogP contribution < -0.4 is 11.1 Å². The van der Waals surface area contributed by atoms with Crippen LogP contribution in [0.1, 0.15) is 58.8 Å². The Bertz CT molecular complexity index is 408. The largest absolute Gasteiger partial charge is 0.409 e. The van der Waals surface area contributed by atoms with Gasteiger partial charge in [-0.1, -0.05) is 18.5 Å². The number of nitrogens with two attached hydrogens (primary N) is 1. The van der Waals surface area contributed by atoms with Crippen LogP contribution in [0.5, 0.6) is 0 Å². The van der Waals surface area contributed by atoms with Gasteiger partial charge >= 0.3 is 0 Å². The predicted octanol–water partition coefficient (Wildman–Crippen LogP) is 1.76. The SMILES string of the molecule is CCC1CCC(NC(=O)C2(C)CCCO2)(C(N)=NO)CC1. The van der Waals surface area contributed by atoms with E-state index in [4.69, 9.17) is 15.7 Å². The summed E-state index contributed by atoms with van der Waals surface area (Å²) in [5, 5.41) is 15.3. The highest BCUT2D eigenvalue weighted by Gasteiger charge is 2.45. The van der Waals surface area contributed by atoms with Crippen LogP contribution in [0.25, 0.3) is 0 Å². The summed E-state index contributed by atoms with van der Waals surface area (Å²) in [5.74, 6) is 0.605. The van der Waals surface area contributed by atoms with E-state index in [1.807, 2.05) is 6.92 Å². The minimum Gasteiger partial charge on any atom is -0.409 e. The zero-order valence-electron chi connectivity index (χ0n) is 13.0. The highest BCUT2D eigenvalue weighted by Crippen LogP contribution is 2.35. The van der Waals surface area contributed by atoms with E-state index in [9.17, 15) is 4.79 Å². The van der Waals surface area contributed by atoms with Crippen molar-refractivity contribution in [2.75, 3.05) is 6.61 Å². The molecule has 2 aliphatic rings. The molecule has 1 saturated heterocycles. The van der Waals surface area contributed by atoms with Crippen molar-refractivity contribution < 1.29 is 14.7 Å². The standard InChI is InChI=1S/C15H27N3O3/c1-3-11-5-8-15(9-6-11,12(16)18-20)17-13(19)14(2)7-4-10-21-14/h11,20H,3-10H2,1-2H3,(H2,16,18)(H,17,19). The lowest BCUT2D eigenvalue weighted by Crippen LogP contribution is -2.62. The average Bonchev–Trinajstić information content (AvgIpc) is 2.95. The monoisotopic (exact) mass is 297 g/mol. The molecule has 0 bridgehead atoms. The molecule has 1 saturated carbocycles. The van der Waals surface area contributed by atoms with Crippen molar-refractivity contribution in [1.82, 2.24) is 5.32 Å². The molecule has 120 valence electrons. The number of hydrogen-bond donors (Lipinski definition) is 3. The van der Waals surface area contributed by atoms with Crippen LogP contribution >= 0.6 is 0 Å². The second-order valence-corrected chi connectivity index (χ2v) is 6.56. The Labute approximate surface area is 126 Å². The fourth-order valence-electron chi connectivity index (χ4n) is 3.43. The molecule has 1 aliphatic carbocycles. The summed E-state index contributed by atoms with van der Waals surface area (Å²) in [6, 6.07) is 0. The van der Waals surface area contributed by atoms with Crippen LogP contribution in [-0.2, 0) is 9.53 Å². The molecular formula is C15H27N3O3. The molecule has 1 heterocycles. The van der Waals surface area contributed by atoms with Gasteiger partial charge in [-0.25, -0.2) is 0 Å². The van der Waals surface area contributed by atoms with Gasteiger partial charge in [0.15, 0.2) is 5.84 Å². The van der Waals surface area contributed by atoms with Gasteiger partial charge in [-0.2, -0.15) is 0 Å². The molecule has 0 spiro atoms. The van der Waals surface area contributed by atoms with Gasteiger partial charge in [-0.3, -0.25) is 4.79 Å². The lowest BCUT2D eigenvalue weighted by atomic mass is 9.74. The first kappa shape index (κ1) is 16.1. The fraction of sp³-hybridized carbons (Fsp3) is 0.867. The number of carbonyl (C=O) groups excluding carboxylic acids is 1. The Hall–Kier alpha value is -1.30. The molecule has 1 unspecified atom stereocenters. The molecule has 1 aliphatic heterocycles. The van der Waals surface area contributed by atoms with Crippen molar-refractivity contribution in [3.8, 4) is 0 Å². The van der Waals surface area contributed by atoms with Crippen LogP contribution in [-0.4, -0.2) is 34.7 Å². The number of nitrogens with zero attached hydrogens (tertiary/aromatic N) is 1. The molecule has 6 nitrogen and oxygen atoms in total. The van der Waals surface area contributed by atoms with Crippen LogP contribution in [0.15, 0.2) is 5.16 Å². The smallest absolute Gasteiger partial charge is 0.252 e. The van der Waals surface area contributed by atoms with Crippen molar-refractivity contribution >= 4 is 11.7 Å². The first-order valence-corrected chi connectivity index (χ1v) is 7.90. The first-order valence-electron chi connectivity index (χ1n) is 7.90. The number of nitrogens with one attached hydrogen (secondary N) is 1. The zero-order valence-corrected chi connectivity index (χ0v) is 13.0. The Morgan fingerprint density at radius 2 is 2.10 bits per heavy atom. The van der Waals surface area contributed by atoms with Gasteiger partial charge < -0.3 is 21.0 Å². The fourth-order valence-corrected chi connectivity index (χ4v) is 3.43. The first-order chi connectivity index (χ1) is 9.96. The summed E-state index contributed by atoms with van der Waals surface area (Å²) in [7, 11) is 0. The number of amidine groups is 1. The molecule has 0 aromatic rings. The third-order valence-electron chi connectivity index (χ3n) is 5.19. The van der Waals surface area contributed by atoms with E-state index >= 15 is 0 Å². The van der Waals surface area contributed by atoms with Crippen LogP contribution in [0.4, 0.5) is 0 Å². The van der Waals surface area contributed by atoms with Gasteiger partial charge in [0.05, 0.1) is 0 Å². The summed E-state index contributed by atoms with van der Waals surface area (Å²) in [5.41, 5.74) is 4.39. The number of amides is 1. The molecule has 2 rings (SSSR count). The molecule has 2 fully saturated rings. The van der Waals surface area contributed by atoms with E-state index < -0.39 is 11.1 Å². The summed E-state index contributed by atoms with van der Waals surface area (Å²) in [6.45, 7) is 4.60. The van der Waals surface area contributed by atoms with E-state index in [0.717, 1.165) is 25.7 Å². The third-order valence-corrected chi connectivity index (χ3v) is 5.19. The molecule has 6 heteroatoms.